The van der Waals surface area contributed by atoms with Gasteiger partial charge in [0.05, 0.1) is 0 Å². The Balaban J connectivity index is 1.78. The van der Waals surface area contributed by atoms with Crippen LogP contribution in [0.3, 0.4) is 0 Å². The summed E-state index contributed by atoms with van der Waals surface area (Å²) in [5.74, 6) is 1.48. The average Bonchev–Trinajstić information content (AvgIpc) is 2.82. The molecule has 20 heavy (non-hydrogen) atoms. The molecule has 106 valence electrons. The average molecular weight is 290 g/mol. The summed E-state index contributed by atoms with van der Waals surface area (Å²) in [7, 11) is 0. The van der Waals surface area contributed by atoms with Crippen LogP contribution in [0.4, 0.5) is 0 Å². The third kappa shape index (κ3) is 1.43. The lowest BCUT2D eigenvalue weighted by Gasteiger charge is -2.42. The molecule has 4 aliphatic carbocycles. The normalized spacial score (nSPS) is 45.0. The Bertz CT molecular complexity index is 559. The fourth-order valence-corrected chi connectivity index (χ4v) is 6.24. The van der Waals surface area contributed by atoms with Crippen molar-refractivity contribution < 1.29 is 4.79 Å². The minimum Gasteiger partial charge on any atom is -0.369 e. The Morgan fingerprint density at radius 3 is 2.65 bits per heavy atom. The van der Waals surface area contributed by atoms with Crippen molar-refractivity contribution in [3.63, 3.8) is 0 Å². The van der Waals surface area contributed by atoms with Gasteiger partial charge in [0.15, 0.2) is 0 Å². The van der Waals surface area contributed by atoms with Crippen molar-refractivity contribution in [1.82, 2.24) is 0 Å². The number of hydrogen-bond acceptors (Lipinski definition) is 1. The van der Waals surface area contributed by atoms with E-state index in [1.54, 1.807) is 0 Å². The summed E-state index contributed by atoms with van der Waals surface area (Å²) >= 11 is 6.35. The molecule has 1 amide bonds. The van der Waals surface area contributed by atoms with E-state index in [0.717, 1.165) is 25.7 Å². The van der Waals surface area contributed by atoms with Gasteiger partial charge in [0, 0.05) is 11.8 Å². The highest BCUT2D eigenvalue weighted by Gasteiger charge is 2.68. The standard InChI is InChI=1S/C17H20ClNO/c18-10-17-7-11-6-16(9-17,12-4-2-1-3-5-12)8-13(17)14(11)15(19)20/h1-5,11,13-14H,6-10H2,(H2,19,20)/t11?,13?,14-,16?,17?/m0/s1. The van der Waals surface area contributed by atoms with Crippen molar-refractivity contribution in [2.24, 2.45) is 28.9 Å². The molecule has 0 radical (unpaired) electrons. The first-order chi connectivity index (χ1) is 9.60. The molecule has 5 rings (SSSR count). The van der Waals surface area contributed by atoms with Crippen LogP contribution in [0.25, 0.3) is 0 Å². The van der Waals surface area contributed by atoms with Gasteiger partial charge in [-0.1, -0.05) is 30.3 Å². The maximum absolute atomic E-state index is 11.9. The Morgan fingerprint density at radius 1 is 1.25 bits per heavy atom. The van der Waals surface area contributed by atoms with Crippen molar-refractivity contribution in [1.29, 1.82) is 0 Å². The lowest BCUT2D eigenvalue weighted by molar-refractivity contribution is -0.125. The van der Waals surface area contributed by atoms with Gasteiger partial charge in [0.25, 0.3) is 0 Å². The number of alkyl halides is 1. The zero-order valence-corrected chi connectivity index (χ0v) is 12.3. The molecule has 0 heterocycles. The van der Waals surface area contributed by atoms with Gasteiger partial charge in [-0.2, -0.15) is 0 Å². The molecule has 3 heteroatoms. The smallest absolute Gasteiger partial charge is 0.221 e. The van der Waals surface area contributed by atoms with E-state index < -0.39 is 0 Å². The molecule has 0 aliphatic heterocycles. The number of benzene rings is 1. The SMILES string of the molecule is NC(=O)[C@H]1C2CC3(c4ccccc4)CC1C(CCl)(C2)C3. The van der Waals surface area contributed by atoms with Crippen molar-refractivity contribution >= 4 is 17.5 Å². The molecular formula is C17H20ClNO. The summed E-state index contributed by atoms with van der Waals surface area (Å²) in [6, 6.07) is 10.8. The van der Waals surface area contributed by atoms with Crippen LogP contribution in [0.15, 0.2) is 30.3 Å². The Labute approximate surface area is 124 Å². The number of rotatable bonds is 3. The van der Waals surface area contributed by atoms with Crippen molar-refractivity contribution in [2.75, 3.05) is 5.88 Å². The minimum atomic E-state index is -0.101. The summed E-state index contributed by atoms with van der Waals surface area (Å²) in [5, 5.41) is 0. The highest BCUT2D eigenvalue weighted by molar-refractivity contribution is 6.18. The van der Waals surface area contributed by atoms with Gasteiger partial charge < -0.3 is 5.73 Å². The van der Waals surface area contributed by atoms with Crippen molar-refractivity contribution in [2.45, 2.75) is 31.1 Å². The van der Waals surface area contributed by atoms with Crippen LogP contribution in [0.1, 0.15) is 31.2 Å². The van der Waals surface area contributed by atoms with Gasteiger partial charge in [0.1, 0.15) is 0 Å². The van der Waals surface area contributed by atoms with Crippen LogP contribution in [-0.2, 0) is 10.2 Å². The highest BCUT2D eigenvalue weighted by Crippen LogP contribution is 2.72. The van der Waals surface area contributed by atoms with Gasteiger partial charge in [-0.3, -0.25) is 4.79 Å². The second-order valence-corrected chi connectivity index (χ2v) is 7.49. The summed E-state index contributed by atoms with van der Waals surface area (Å²) in [5.41, 5.74) is 7.52. The predicted molar refractivity (Wildman–Crippen MR) is 79.4 cm³/mol. The summed E-state index contributed by atoms with van der Waals surface area (Å²) in [6.07, 6.45) is 4.44. The molecule has 4 aliphatic rings. The number of carbonyl (C=O) groups excluding carboxylic acids is 1. The quantitative estimate of drug-likeness (QED) is 0.854. The molecule has 4 fully saturated rings. The van der Waals surface area contributed by atoms with E-state index in [1.807, 2.05) is 0 Å². The highest BCUT2D eigenvalue weighted by atomic mass is 35.5. The van der Waals surface area contributed by atoms with E-state index in [-0.39, 0.29) is 22.7 Å². The van der Waals surface area contributed by atoms with Gasteiger partial charge in [-0.25, -0.2) is 0 Å². The van der Waals surface area contributed by atoms with Crippen LogP contribution in [-0.4, -0.2) is 11.8 Å². The minimum absolute atomic E-state index is 0.0630. The third-order valence-corrected chi connectivity index (χ3v) is 6.86. The fourth-order valence-electron chi connectivity index (χ4n) is 5.84. The molecule has 4 bridgehead atoms. The molecule has 2 nitrogen and oxygen atoms in total. The topological polar surface area (TPSA) is 43.1 Å². The maximum Gasteiger partial charge on any atom is 0.221 e. The predicted octanol–water partition coefficient (Wildman–Crippen LogP) is 3.08. The van der Waals surface area contributed by atoms with Crippen LogP contribution in [0.5, 0.6) is 0 Å². The van der Waals surface area contributed by atoms with E-state index >= 15 is 0 Å². The summed E-state index contributed by atoms with van der Waals surface area (Å²) in [6.45, 7) is 0. The van der Waals surface area contributed by atoms with Crippen LogP contribution < -0.4 is 5.73 Å². The zero-order chi connectivity index (χ0) is 14.0. The number of nitrogens with two attached hydrogens (primary N) is 1. The number of primary amides is 1. The maximum atomic E-state index is 11.9. The lowest BCUT2D eigenvalue weighted by atomic mass is 9.62. The summed E-state index contributed by atoms with van der Waals surface area (Å²) < 4.78 is 0. The molecule has 5 atom stereocenters. The molecule has 0 spiro atoms. The van der Waals surface area contributed by atoms with E-state index in [0.29, 0.717) is 17.7 Å². The molecule has 4 unspecified atom stereocenters. The number of amides is 1. The van der Waals surface area contributed by atoms with Gasteiger partial charge >= 0.3 is 0 Å². The first-order valence-corrected chi connectivity index (χ1v) is 8.05. The van der Waals surface area contributed by atoms with Crippen LogP contribution >= 0.6 is 11.6 Å². The Morgan fingerprint density at radius 2 is 2.00 bits per heavy atom. The van der Waals surface area contributed by atoms with Crippen molar-refractivity contribution in [3.05, 3.63) is 35.9 Å². The third-order valence-electron chi connectivity index (χ3n) is 6.33. The number of hydrogen-bond donors (Lipinski definition) is 1. The van der Waals surface area contributed by atoms with Gasteiger partial charge in [0.2, 0.25) is 5.91 Å². The largest absolute Gasteiger partial charge is 0.369 e. The second kappa shape index (κ2) is 4.00. The molecule has 1 aromatic rings. The molecule has 1 aromatic carbocycles. The monoisotopic (exact) mass is 289 g/mol. The summed E-state index contributed by atoms with van der Waals surface area (Å²) in [4.78, 5) is 11.9. The number of halogens is 1. The van der Waals surface area contributed by atoms with Gasteiger partial charge in [-0.05, 0) is 53.9 Å². The fraction of sp³-hybridized carbons (Fsp3) is 0.588. The first kappa shape index (κ1) is 12.7. The molecule has 0 aromatic heterocycles. The molecule has 4 saturated carbocycles. The van der Waals surface area contributed by atoms with E-state index in [9.17, 15) is 4.79 Å². The molecule has 2 N–H and O–H groups in total. The molecular weight excluding hydrogens is 270 g/mol. The van der Waals surface area contributed by atoms with Crippen LogP contribution in [0.2, 0.25) is 0 Å². The second-order valence-electron chi connectivity index (χ2n) is 7.23. The van der Waals surface area contributed by atoms with Gasteiger partial charge in [-0.15, -0.1) is 11.6 Å². The first-order valence-electron chi connectivity index (χ1n) is 7.51. The Hall–Kier alpha value is -1.02. The van der Waals surface area contributed by atoms with E-state index in [1.165, 1.54) is 5.56 Å². The van der Waals surface area contributed by atoms with E-state index in [2.05, 4.69) is 30.3 Å². The lowest BCUT2D eigenvalue weighted by Crippen LogP contribution is -2.40. The Kier molecular flexibility index (Phi) is 2.54. The molecule has 0 saturated heterocycles. The van der Waals surface area contributed by atoms with E-state index in [4.69, 9.17) is 17.3 Å². The van der Waals surface area contributed by atoms with Crippen molar-refractivity contribution in [3.8, 4) is 0 Å². The zero-order valence-electron chi connectivity index (χ0n) is 11.5. The van der Waals surface area contributed by atoms with Crippen LogP contribution in [0, 0.1) is 23.2 Å². The number of carbonyl (C=O) groups is 1.